The van der Waals surface area contributed by atoms with Crippen LogP contribution in [0.4, 0.5) is 0 Å². The lowest BCUT2D eigenvalue weighted by atomic mass is 10.2. The Labute approximate surface area is 146 Å². The number of hydrogen-bond donors (Lipinski definition) is 0. The van der Waals surface area contributed by atoms with E-state index < -0.39 is 0 Å². The Hall–Kier alpha value is -1.53. The summed E-state index contributed by atoms with van der Waals surface area (Å²) in [4.78, 5) is 14.7. The fourth-order valence-electron chi connectivity index (χ4n) is 2.19. The summed E-state index contributed by atoms with van der Waals surface area (Å²) in [5.41, 5.74) is 0.884. The molecule has 0 aliphatic carbocycles. The molecule has 1 saturated heterocycles. The van der Waals surface area contributed by atoms with Crippen LogP contribution in [0, 0.1) is 0 Å². The largest absolute Gasteiger partial charge is 0.493 e. The number of benzene rings is 1. The van der Waals surface area contributed by atoms with Crippen LogP contribution in [0.15, 0.2) is 23.1 Å². The van der Waals surface area contributed by atoms with Gasteiger partial charge in [-0.2, -0.15) is 0 Å². The third-order valence-corrected chi connectivity index (χ3v) is 4.55. The molecule has 4 nitrogen and oxygen atoms in total. The Balaban J connectivity index is 2.26. The van der Waals surface area contributed by atoms with E-state index in [-0.39, 0.29) is 12.0 Å². The maximum atomic E-state index is 12.4. The van der Waals surface area contributed by atoms with Crippen molar-refractivity contribution in [3.63, 3.8) is 0 Å². The van der Waals surface area contributed by atoms with Crippen LogP contribution in [-0.4, -0.2) is 34.9 Å². The normalized spacial score (nSPS) is 16.6. The van der Waals surface area contributed by atoms with E-state index in [0.717, 1.165) is 12.0 Å². The highest BCUT2D eigenvalue weighted by Crippen LogP contribution is 2.35. The molecule has 0 radical (unpaired) electrons. The first-order valence-corrected chi connectivity index (χ1v) is 8.78. The Bertz CT molecular complexity index is 641. The zero-order valence-electron chi connectivity index (χ0n) is 13.8. The minimum atomic E-state index is -0.0247. The topological polar surface area (TPSA) is 38.8 Å². The van der Waals surface area contributed by atoms with Crippen molar-refractivity contribution in [1.29, 1.82) is 0 Å². The summed E-state index contributed by atoms with van der Waals surface area (Å²) in [5.74, 6) is 1.32. The van der Waals surface area contributed by atoms with Crippen molar-refractivity contribution in [2.75, 3.05) is 13.7 Å². The lowest BCUT2D eigenvalue weighted by Gasteiger charge is -2.14. The number of ether oxygens (including phenoxy) is 2. The lowest BCUT2D eigenvalue weighted by Crippen LogP contribution is -2.28. The molecule has 1 aromatic carbocycles. The van der Waals surface area contributed by atoms with Crippen molar-refractivity contribution in [3.8, 4) is 11.5 Å². The summed E-state index contributed by atoms with van der Waals surface area (Å²) >= 11 is 6.62. The van der Waals surface area contributed by atoms with E-state index in [1.807, 2.05) is 45.0 Å². The van der Waals surface area contributed by atoms with Gasteiger partial charge < -0.3 is 9.47 Å². The maximum absolute atomic E-state index is 12.4. The van der Waals surface area contributed by atoms with Gasteiger partial charge >= 0.3 is 0 Å². The molecule has 23 heavy (non-hydrogen) atoms. The number of thiocarbonyl (C=S) groups is 1. The lowest BCUT2D eigenvalue weighted by molar-refractivity contribution is -0.122. The monoisotopic (exact) mass is 351 g/mol. The van der Waals surface area contributed by atoms with Gasteiger partial charge in [0.05, 0.1) is 18.1 Å². The van der Waals surface area contributed by atoms with E-state index in [1.54, 1.807) is 12.0 Å². The predicted molar refractivity (Wildman–Crippen MR) is 98.9 cm³/mol. The summed E-state index contributed by atoms with van der Waals surface area (Å²) in [6.07, 6.45) is 2.80. The molecule has 124 valence electrons. The minimum absolute atomic E-state index is 0.0247. The van der Waals surface area contributed by atoms with Crippen LogP contribution in [0.25, 0.3) is 6.08 Å². The van der Waals surface area contributed by atoms with Crippen molar-refractivity contribution >= 4 is 40.3 Å². The second kappa shape index (κ2) is 7.84. The minimum Gasteiger partial charge on any atom is -0.493 e. The Morgan fingerprint density at radius 1 is 1.35 bits per heavy atom. The molecule has 0 spiro atoms. The van der Waals surface area contributed by atoms with Crippen LogP contribution in [0.2, 0.25) is 0 Å². The highest BCUT2D eigenvalue weighted by atomic mass is 32.2. The van der Waals surface area contributed by atoms with Crippen LogP contribution in [0.3, 0.4) is 0 Å². The zero-order chi connectivity index (χ0) is 17.0. The van der Waals surface area contributed by atoms with E-state index in [0.29, 0.717) is 27.3 Å². The molecule has 0 bridgehead atoms. The highest BCUT2D eigenvalue weighted by Gasteiger charge is 2.31. The number of hydrogen-bond acceptors (Lipinski definition) is 5. The van der Waals surface area contributed by atoms with Gasteiger partial charge in [-0.1, -0.05) is 37.0 Å². The highest BCUT2D eigenvalue weighted by molar-refractivity contribution is 8.26. The first kappa shape index (κ1) is 17.8. The molecule has 1 aromatic rings. The van der Waals surface area contributed by atoms with Crippen molar-refractivity contribution < 1.29 is 14.3 Å². The number of carbonyl (C=O) groups excluding carboxylic acids is 1. The quantitative estimate of drug-likeness (QED) is 0.570. The Morgan fingerprint density at radius 3 is 2.70 bits per heavy atom. The number of rotatable bonds is 6. The summed E-state index contributed by atoms with van der Waals surface area (Å²) in [7, 11) is 1.60. The molecule has 0 N–H and O–H groups in total. The van der Waals surface area contributed by atoms with Crippen molar-refractivity contribution in [1.82, 2.24) is 4.90 Å². The van der Waals surface area contributed by atoms with Gasteiger partial charge in [0.2, 0.25) is 0 Å². The van der Waals surface area contributed by atoms with Gasteiger partial charge in [-0.05, 0) is 44.0 Å². The summed E-state index contributed by atoms with van der Waals surface area (Å²) in [6, 6.07) is 5.63. The number of carbonyl (C=O) groups is 1. The van der Waals surface area contributed by atoms with Gasteiger partial charge in [0.15, 0.2) is 11.5 Å². The van der Waals surface area contributed by atoms with E-state index >= 15 is 0 Å². The molecule has 1 heterocycles. The fourth-order valence-corrected chi connectivity index (χ4v) is 3.50. The number of nitrogens with zero attached hydrogens (tertiary/aromatic N) is 1. The van der Waals surface area contributed by atoms with E-state index in [4.69, 9.17) is 21.7 Å². The zero-order valence-corrected chi connectivity index (χ0v) is 15.4. The molecule has 1 fully saturated rings. The van der Waals surface area contributed by atoms with Gasteiger partial charge in [-0.15, -0.1) is 0 Å². The second-order valence-electron chi connectivity index (χ2n) is 5.41. The van der Waals surface area contributed by atoms with E-state index in [9.17, 15) is 4.79 Å². The Morgan fingerprint density at radius 2 is 2.09 bits per heavy atom. The molecule has 0 unspecified atom stereocenters. The molecule has 0 saturated carbocycles. The van der Waals surface area contributed by atoms with Crippen LogP contribution in [0.5, 0.6) is 11.5 Å². The molecule has 0 aromatic heterocycles. The standard InChI is InChI=1S/C17H21NO3S2/c1-5-8-18-16(19)15(23-17(18)22)10-12-6-7-13(21-11(2)3)14(9-12)20-4/h6-7,9-11H,5,8H2,1-4H3/b15-10+. The van der Waals surface area contributed by atoms with Crippen molar-refractivity contribution in [3.05, 3.63) is 28.7 Å². The SMILES string of the molecule is CCCN1C(=O)/C(=C\c2ccc(OC(C)C)c(OC)c2)SC1=S. The van der Waals surface area contributed by atoms with Gasteiger partial charge in [0, 0.05) is 6.54 Å². The number of thioether (sulfide) groups is 1. The Kier molecular flexibility index (Phi) is 6.07. The van der Waals surface area contributed by atoms with E-state index in [1.165, 1.54) is 11.8 Å². The summed E-state index contributed by atoms with van der Waals surface area (Å²) in [5, 5.41) is 0. The molecular formula is C17H21NO3S2. The van der Waals surface area contributed by atoms with Gasteiger partial charge in [0.25, 0.3) is 5.91 Å². The number of methoxy groups -OCH3 is 1. The molecular weight excluding hydrogens is 330 g/mol. The predicted octanol–water partition coefficient (Wildman–Crippen LogP) is 4.09. The van der Waals surface area contributed by atoms with Gasteiger partial charge in [-0.3, -0.25) is 9.69 Å². The molecule has 6 heteroatoms. The molecule has 1 aliphatic rings. The number of amides is 1. The average Bonchev–Trinajstić information content (AvgIpc) is 2.76. The van der Waals surface area contributed by atoms with Crippen LogP contribution in [0.1, 0.15) is 32.8 Å². The van der Waals surface area contributed by atoms with Crippen molar-refractivity contribution in [2.24, 2.45) is 0 Å². The molecule has 1 aliphatic heterocycles. The fraction of sp³-hybridized carbons (Fsp3) is 0.412. The smallest absolute Gasteiger partial charge is 0.266 e. The summed E-state index contributed by atoms with van der Waals surface area (Å²) in [6.45, 7) is 6.62. The molecule has 1 amide bonds. The van der Waals surface area contributed by atoms with Gasteiger partial charge in [0.1, 0.15) is 4.32 Å². The van der Waals surface area contributed by atoms with Gasteiger partial charge in [-0.25, -0.2) is 0 Å². The maximum Gasteiger partial charge on any atom is 0.266 e. The third-order valence-electron chi connectivity index (χ3n) is 3.17. The third kappa shape index (κ3) is 4.26. The van der Waals surface area contributed by atoms with Crippen LogP contribution in [-0.2, 0) is 4.79 Å². The average molecular weight is 351 g/mol. The first-order valence-electron chi connectivity index (χ1n) is 7.56. The van der Waals surface area contributed by atoms with E-state index in [2.05, 4.69) is 0 Å². The molecule has 2 rings (SSSR count). The first-order chi connectivity index (χ1) is 11.0. The second-order valence-corrected chi connectivity index (χ2v) is 7.09. The van der Waals surface area contributed by atoms with Crippen LogP contribution < -0.4 is 9.47 Å². The van der Waals surface area contributed by atoms with Crippen LogP contribution >= 0.6 is 24.0 Å². The molecule has 0 atom stereocenters. The summed E-state index contributed by atoms with van der Waals surface area (Å²) < 4.78 is 11.7. The van der Waals surface area contributed by atoms with Crippen molar-refractivity contribution in [2.45, 2.75) is 33.3 Å².